The minimum Gasteiger partial charge on any atom is -0.469 e. The van der Waals surface area contributed by atoms with Crippen LogP contribution in [0.1, 0.15) is 19.3 Å². The molecule has 2 rings (SSSR count). The van der Waals surface area contributed by atoms with Crippen LogP contribution in [0.5, 0.6) is 0 Å². The van der Waals surface area contributed by atoms with Crippen LogP contribution in [-0.4, -0.2) is 60.9 Å². The first-order chi connectivity index (χ1) is 8.54. The van der Waals surface area contributed by atoms with Crippen molar-refractivity contribution in [2.75, 3.05) is 27.2 Å². The van der Waals surface area contributed by atoms with Crippen LogP contribution in [-0.2, 0) is 19.1 Å². The second-order valence-electron chi connectivity index (χ2n) is 4.87. The van der Waals surface area contributed by atoms with Gasteiger partial charge in [0.1, 0.15) is 0 Å². The van der Waals surface area contributed by atoms with E-state index in [1.165, 1.54) is 19.1 Å². The van der Waals surface area contributed by atoms with Gasteiger partial charge in [-0.3, -0.25) is 24.2 Å². The van der Waals surface area contributed by atoms with Crippen molar-refractivity contribution in [2.45, 2.75) is 25.3 Å². The third-order valence-corrected chi connectivity index (χ3v) is 3.79. The molecule has 0 radical (unpaired) electrons. The molecule has 2 unspecified atom stereocenters. The van der Waals surface area contributed by atoms with Gasteiger partial charge in [-0.05, 0) is 19.4 Å². The minimum atomic E-state index is -0.394. The zero-order chi connectivity index (χ0) is 13.3. The number of methoxy groups -OCH3 is 1. The Hall–Kier alpha value is -1.43. The lowest BCUT2D eigenvalue weighted by atomic mass is 9.96. The van der Waals surface area contributed by atoms with Gasteiger partial charge < -0.3 is 4.74 Å². The van der Waals surface area contributed by atoms with E-state index in [1.54, 1.807) is 0 Å². The molecule has 6 nitrogen and oxygen atoms in total. The molecule has 6 heteroatoms. The first-order valence-corrected chi connectivity index (χ1v) is 6.17. The Labute approximate surface area is 106 Å². The number of hydrogen-bond donors (Lipinski definition) is 0. The Bertz CT molecular complexity index is 382. The fourth-order valence-electron chi connectivity index (χ4n) is 2.67. The monoisotopic (exact) mass is 254 g/mol. The van der Waals surface area contributed by atoms with E-state index in [4.69, 9.17) is 4.74 Å². The molecule has 2 fully saturated rings. The van der Waals surface area contributed by atoms with E-state index in [0.717, 1.165) is 19.4 Å². The van der Waals surface area contributed by atoms with Crippen LogP contribution < -0.4 is 0 Å². The summed E-state index contributed by atoms with van der Waals surface area (Å²) in [5.74, 6) is -0.724. The maximum absolute atomic E-state index is 11.9. The number of esters is 1. The van der Waals surface area contributed by atoms with Crippen molar-refractivity contribution in [3.8, 4) is 0 Å². The highest BCUT2D eigenvalue weighted by atomic mass is 16.5. The van der Waals surface area contributed by atoms with Gasteiger partial charge >= 0.3 is 5.97 Å². The number of rotatable bonds is 2. The summed E-state index contributed by atoms with van der Waals surface area (Å²) in [5, 5.41) is 0. The van der Waals surface area contributed by atoms with Crippen LogP contribution in [0.25, 0.3) is 0 Å². The van der Waals surface area contributed by atoms with Crippen LogP contribution >= 0.6 is 0 Å². The number of nitrogens with zero attached hydrogens (tertiary/aromatic N) is 2. The summed E-state index contributed by atoms with van der Waals surface area (Å²) in [7, 11) is 2.88. The zero-order valence-electron chi connectivity index (χ0n) is 10.7. The highest BCUT2D eigenvalue weighted by Gasteiger charge is 2.42. The van der Waals surface area contributed by atoms with Crippen LogP contribution in [0.3, 0.4) is 0 Å². The molecular weight excluding hydrogens is 236 g/mol. The molecule has 100 valence electrons. The van der Waals surface area contributed by atoms with Crippen molar-refractivity contribution >= 4 is 17.8 Å². The first kappa shape index (κ1) is 13.0. The van der Waals surface area contributed by atoms with Crippen molar-refractivity contribution < 1.29 is 19.1 Å². The van der Waals surface area contributed by atoms with E-state index >= 15 is 0 Å². The maximum atomic E-state index is 11.9. The van der Waals surface area contributed by atoms with Crippen molar-refractivity contribution in [3.63, 3.8) is 0 Å². The van der Waals surface area contributed by atoms with Gasteiger partial charge in [-0.1, -0.05) is 0 Å². The smallest absolute Gasteiger partial charge is 0.309 e. The molecule has 0 spiro atoms. The highest BCUT2D eigenvalue weighted by Crippen LogP contribution is 2.24. The zero-order valence-corrected chi connectivity index (χ0v) is 10.7. The summed E-state index contributed by atoms with van der Waals surface area (Å²) in [6.45, 7) is 1.26. The molecule has 0 N–H and O–H groups in total. The second-order valence-corrected chi connectivity index (χ2v) is 4.87. The number of likely N-dealkylation sites (N-methyl/N-ethyl adjacent to an activating group) is 1. The normalized spacial score (nSPS) is 29.8. The van der Waals surface area contributed by atoms with E-state index in [1.807, 2.05) is 4.90 Å². The molecule has 18 heavy (non-hydrogen) atoms. The van der Waals surface area contributed by atoms with E-state index in [9.17, 15) is 14.4 Å². The molecule has 2 aliphatic rings. The lowest BCUT2D eigenvalue weighted by Crippen LogP contribution is -2.47. The molecule has 0 aliphatic carbocycles. The number of ether oxygens (including phenoxy) is 1. The van der Waals surface area contributed by atoms with Crippen LogP contribution in [0.15, 0.2) is 0 Å². The Morgan fingerprint density at radius 3 is 2.67 bits per heavy atom. The standard InChI is InChI=1S/C12H18N2O4/c1-13-10(15)6-9(11(13)16)14-5-3-4-8(7-14)12(17)18-2/h8-9H,3-7H2,1-2H3. The Morgan fingerprint density at radius 1 is 1.39 bits per heavy atom. The lowest BCUT2D eigenvalue weighted by molar-refractivity contribution is -0.149. The van der Waals surface area contributed by atoms with Crippen LogP contribution in [0, 0.1) is 5.92 Å². The highest BCUT2D eigenvalue weighted by molar-refractivity contribution is 6.05. The van der Waals surface area contributed by atoms with Gasteiger partial charge in [-0.25, -0.2) is 0 Å². The number of likely N-dealkylation sites (tertiary alicyclic amines) is 2. The Morgan fingerprint density at radius 2 is 2.11 bits per heavy atom. The quantitative estimate of drug-likeness (QED) is 0.497. The number of carbonyl (C=O) groups is 3. The number of hydrogen-bond acceptors (Lipinski definition) is 5. The predicted octanol–water partition coefficient (Wildman–Crippen LogP) is -0.371. The number of amides is 2. The molecule has 2 heterocycles. The van der Waals surface area contributed by atoms with Crippen molar-refractivity contribution in [1.82, 2.24) is 9.80 Å². The molecule has 0 saturated carbocycles. The molecule has 0 aromatic heterocycles. The first-order valence-electron chi connectivity index (χ1n) is 6.17. The van der Waals surface area contributed by atoms with E-state index < -0.39 is 6.04 Å². The molecular formula is C12H18N2O4. The molecule has 0 aromatic rings. The summed E-state index contributed by atoms with van der Waals surface area (Å²) in [6, 6.07) is -0.394. The topological polar surface area (TPSA) is 66.9 Å². The van der Waals surface area contributed by atoms with Crippen molar-refractivity contribution in [2.24, 2.45) is 5.92 Å². The van der Waals surface area contributed by atoms with E-state index in [-0.39, 0.29) is 30.1 Å². The van der Waals surface area contributed by atoms with Gasteiger partial charge in [0.15, 0.2) is 0 Å². The van der Waals surface area contributed by atoms with Gasteiger partial charge in [-0.2, -0.15) is 0 Å². The fourth-order valence-corrected chi connectivity index (χ4v) is 2.67. The van der Waals surface area contributed by atoms with Gasteiger partial charge in [0.05, 0.1) is 25.5 Å². The van der Waals surface area contributed by atoms with Gasteiger partial charge in [0.2, 0.25) is 11.8 Å². The molecule has 2 aliphatic heterocycles. The largest absolute Gasteiger partial charge is 0.469 e. The predicted molar refractivity (Wildman–Crippen MR) is 62.5 cm³/mol. The Kier molecular flexibility index (Phi) is 3.65. The van der Waals surface area contributed by atoms with Crippen LogP contribution in [0.4, 0.5) is 0 Å². The SMILES string of the molecule is COC(=O)C1CCCN(C2CC(=O)N(C)C2=O)C1. The van der Waals surface area contributed by atoms with Crippen LogP contribution in [0.2, 0.25) is 0 Å². The summed E-state index contributed by atoms with van der Waals surface area (Å²) in [4.78, 5) is 38.0. The molecule has 2 saturated heterocycles. The summed E-state index contributed by atoms with van der Waals surface area (Å²) < 4.78 is 4.74. The average molecular weight is 254 g/mol. The maximum Gasteiger partial charge on any atom is 0.309 e. The van der Waals surface area contributed by atoms with E-state index in [2.05, 4.69) is 0 Å². The minimum absolute atomic E-state index is 0.148. The average Bonchev–Trinajstić information content (AvgIpc) is 2.66. The molecule has 2 atom stereocenters. The summed E-state index contributed by atoms with van der Waals surface area (Å²) in [5.41, 5.74) is 0. The third-order valence-electron chi connectivity index (χ3n) is 3.79. The molecule has 0 bridgehead atoms. The van der Waals surface area contributed by atoms with Crippen molar-refractivity contribution in [1.29, 1.82) is 0 Å². The second kappa shape index (κ2) is 5.06. The fraction of sp³-hybridized carbons (Fsp3) is 0.750. The van der Waals surface area contributed by atoms with E-state index in [0.29, 0.717) is 6.54 Å². The number of piperidine rings is 1. The third kappa shape index (κ3) is 2.25. The lowest BCUT2D eigenvalue weighted by Gasteiger charge is -2.34. The number of carbonyl (C=O) groups excluding carboxylic acids is 3. The Balaban J connectivity index is 2.03. The number of imide groups is 1. The van der Waals surface area contributed by atoms with Gasteiger partial charge in [-0.15, -0.1) is 0 Å². The van der Waals surface area contributed by atoms with Gasteiger partial charge in [0.25, 0.3) is 0 Å². The van der Waals surface area contributed by atoms with Gasteiger partial charge in [0, 0.05) is 13.6 Å². The molecule has 2 amide bonds. The summed E-state index contributed by atoms with van der Waals surface area (Å²) in [6.07, 6.45) is 1.86. The summed E-state index contributed by atoms with van der Waals surface area (Å²) >= 11 is 0. The molecule has 0 aromatic carbocycles. The van der Waals surface area contributed by atoms with Crippen molar-refractivity contribution in [3.05, 3.63) is 0 Å².